The third kappa shape index (κ3) is 3.01. The normalized spacial score (nSPS) is 49.9. The molecular formula is C33H56O. The third-order valence-corrected chi connectivity index (χ3v) is 14.5. The average Bonchev–Trinajstić information content (AvgIpc) is 3.34. The zero-order valence-corrected chi connectivity index (χ0v) is 24.3. The summed E-state index contributed by atoms with van der Waals surface area (Å²) in [5, 5.41) is 0. The van der Waals surface area contributed by atoms with Gasteiger partial charge < -0.3 is 4.74 Å². The maximum atomic E-state index is 6.05. The van der Waals surface area contributed by atoms with E-state index in [1.807, 2.05) is 7.11 Å². The molecule has 0 radical (unpaired) electrons. The van der Waals surface area contributed by atoms with E-state index in [0.717, 1.165) is 23.7 Å². The zero-order chi connectivity index (χ0) is 24.9. The van der Waals surface area contributed by atoms with Gasteiger partial charge in [-0.25, -0.2) is 0 Å². The molecule has 34 heavy (non-hydrogen) atoms. The van der Waals surface area contributed by atoms with Crippen LogP contribution in [0, 0.1) is 56.2 Å². The molecule has 194 valence electrons. The second-order valence-corrected chi connectivity index (χ2v) is 15.9. The number of methoxy groups -OCH3 is 1. The van der Waals surface area contributed by atoms with Crippen molar-refractivity contribution in [1.82, 2.24) is 0 Å². The van der Waals surface area contributed by atoms with E-state index in [0.29, 0.717) is 33.2 Å². The molecule has 2 spiro atoms. The molecule has 0 saturated heterocycles. The summed E-state index contributed by atoms with van der Waals surface area (Å²) in [6.07, 6.45) is 16.3. The first-order valence-electron chi connectivity index (χ1n) is 14.9. The lowest BCUT2D eigenvalue weighted by molar-refractivity contribution is -0.166. The quantitative estimate of drug-likeness (QED) is 0.353. The van der Waals surface area contributed by atoms with Gasteiger partial charge in [0.05, 0.1) is 6.10 Å². The Hall–Kier alpha value is -0.300. The Labute approximate surface area is 212 Å². The van der Waals surface area contributed by atoms with Crippen molar-refractivity contribution in [1.29, 1.82) is 0 Å². The molecule has 1 heteroatoms. The van der Waals surface area contributed by atoms with Crippen LogP contribution in [0.2, 0.25) is 0 Å². The van der Waals surface area contributed by atoms with Gasteiger partial charge in [-0.1, -0.05) is 60.6 Å². The Kier molecular flexibility index (Phi) is 5.68. The summed E-state index contributed by atoms with van der Waals surface area (Å²) >= 11 is 0. The minimum Gasteiger partial charge on any atom is -0.381 e. The van der Waals surface area contributed by atoms with Gasteiger partial charge in [-0.3, -0.25) is 0 Å². The molecule has 0 aliphatic heterocycles. The molecular weight excluding hydrogens is 412 g/mol. The highest BCUT2D eigenvalue weighted by Crippen LogP contribution is 2.89. The Morgan fingerprint density at radius 3 is 2.21 bits per heavy atom. The topological polar surface area (TPSA) is 9.23 Å². The van der Waals surface area contributed by atoms with Crippen molar-refractivity contribution in [3.63, 3.8) is 0 Å². The Balaban J connectivity index is 1.38. The van der Waals surface area contributed by atoms with Crippen LogP contribution in [0.15, 0.2) is 12.2 Å². The van der Waals surface area contributed by atoms with Gasteiger partial charge in [-0.2, -0.15) is 0 Å². The largest absolute Gasteiger partial charge is 0.381 e. The van der Waals surface area contributed by atoms with Gasteiger partial charge in [0.1, 0.15) is 0 Å². The van der Waals surface area contributed by atoms with Crippen molar-refractivity contribution in [2.75, 3.05) is 7.11 Å². The molecule has 5 saturated carbocycles. The van der Waals surface area contributed by atoms with Gasteiger partial charge in [-0.05, 0) is 134 Å². The summed E-state index contributed by atoms with van der Waals surface area (Å²) in [6.45, 7) is 24.6. The van der Waals surface area contributed by atoms with Gasteiger partial charge >= 0.3 is 0 Å². The molecule has 0 heterocycles. The van der Waals surface area contributed by atoms with Crippen LogP contribution >= 0.6 is 0 Å². The van der Waals surface area contributed by atoms with Crippen LogP contribution in [0.25, 0.3) is 0 Å². The minimum absolute atomic E-state index is 0.278. The van der Waals surface area contributed by atoms with Crippen molar-refractivity contribution < 1.29 is 4.74 Å². The van der Waals surface area contributed by atoms with Gasteiger partial charge in [-0.15, -0.1) is 0 Å². The molecule has 0 aromatic carbocycles. The second-order valence-electron chi connectivity index (χ2n) is 15.9. The second kappa shape index (κ2) is 7.61. The SMILES string of the molecule is C=C(C)C(C)(C)CC[C@@H](C)[C@H]1CC[C@@]2(C)[C@@H]3CC[C@H]4C(C)(C)[C@@H](OC)CC[C@@]45C[C@@]35CC[C@]12C. The van der Waals surface area contributed by atoms with Crippen molar-refractivity contribution in [3.05, 3.63) is 12.2 Å². The molecule has 5 aliphatic rings. The predicted octanol–water partition coefficient (Wildman–Crippen LogP) is 9.46. The summed E-state index contributed by atoms with van der Waals surface area (Å²) in [5.74, 6) is 3.58. The highest BCUT2D eigenvalue weighted by molar-refractivity contribution is 5.30. The maximum absolute atomic E-state index is 6.05. The first-order chi connectivity index (χ1) is 15.7. The van der Waals surface area contributed by atoms with Crippen LogP contribution < -0.4 is 0 Å². The highest BCUT2D eigenvalue weighted by atomic mass is 16.5. The first kappa shape index (κ1) is 25.4. The van der Waals surface area contributed by atoms with Crippen LogP contribution in [0.5, 0.6) is 0 Å². The van der Waals surface area contributed by atoms with E-state index in [2.05, 4.69) is 62.0 Å². The van der Waals surface area contributed by atoms with Crippen molar-refractivity contribution in [2.24, 2.45) is 56.2 Å². The molecule has 0 N–H and O–H groups in total. The fourth-order valence-corrected chi connectivity index (χ4v) is 11.7. The van der Waals surface area contributed by atoms with Gasteiger partial charge in [0.2, 0.25) is 0 Å². The lowest BCUT2D eigenvalue weighted by Gasteiger charge is -2.63. The van der Waals surface area contributed by atoms with E-state index in [1.165, 1.54) is 69.8 Å². The first-order valence-corrected chi connectivity index (χ1v) is 14.9. The summed E-state index contributed by atoms with van der Waals surface area (Å²) in [6, 6.07) is 0. The Bertz CT molecular complexity index is 837. The molecule has 9 atom stereocenters. The van der Waals surface area contributed by atoms with Gasteiger partial charge in [0.25, 0.3) is 0 Å². The smallest absolute Gasteiger partial charge is 0.0625 e. The summed E-state index contributed by atoms with van der Waals surface area (Å²) in [7, 11) is 1.96. The third-order valence-electron chi connectivity index (χ3n) is 14.5. The monoisotopic (exact) mass is 468 g/mol. The van der Waals surface area contributed by atoms with Gasteiger partial charge in [0, 0.05) is 7.11 Å². The Morgan fingerprint density at radius 2 is 1.56 bits per heavy atom. The number of fused-ring (bicyclic) bond motifs is 2. The van der Waals surface area contributed by atoms with E-state index in [1.54, 1.807) is 6.42 Å². The number of hydrogen-bond acceptors (Lipinski definition) is 1. The minimum atomic E-state index is 0.278. The van der Waals surface area contributed by atoms with Crippen molar-refractivity contribution >= 4 is 0 Å². The summed E-state index contributed by atoms with van der Waals surface area (Å²) in [5.41, 5.74) is 4.36. The molecule has 0 bridgehead atoms. The number of ether oxygens (including phenoxy) is 1. The molecule has 0 aromatic heterocycles. The number of hydrogen-bond donors (Lipinski definition) is 0. The van der Waals surface area contributed by atoms with E-state index in [4.69, 9.17) is 4.74 Å². The van der Waals surface area contributed by atoms with Crippen LogP contribution in [-0.4, -0.2) is 13.2 Å². The predicted molar refractivity (Wildman–Crippen MR) is 145 cm³/mol. The van der Waals surface area contributed by atoms with E-state index >= 15 is 0 Å². The van der Waals surface area contributed by atoms with Crippen molar-refractivity contribution in [2.45, 2.75) is 132 Å². The lowest BCUT2D eigenvalue weighted by Crippen LogP contribution is -2.57. The molecule has 5 fully saturated rings. The van der Waals surface area contributed by atoms with E-state index < -0.39 is 0 Å². The fraction of sp³-hybridized carbons (Fsp3) is 0.939. The maximum Gasteiger partial charge on any atom is 0.0625 e. The molecule has 5 rings (SSSR count). The zero-order valence-electron chi connectivity index (χ0n) is 24.3. The van der Waals surface area contributed by atoms with Crippen molar-refractivity contribution in [3.8, 4) is 0 Å². The molecule has 0 aromatic rings. The molecule has 1 nitrogen and oxygen atoms in total. The lowest BCUT2D eigenvalue weighted by atomic mass is 9.41. The van der Waals surface area contributed by atoms with E-state index in [-0.39, 0.29) is 5.41 Å². The summed E-state index contributed by atoms with van der Waals surface area (Å²) in [4.78, 5) is 0. The fourth-order valence-electron chi connectivity index (χ4n) is 11.7. The number of rotatable bonds is 6. The highest BCUT2D eigenvalue weighted by Gasteiger charge is 2.82. The van der Waals surface area contributed by atoms with Gasteiger partial charge in [0.15, 0.2) is 0 Å². The average molecular weight is 469 g/mol. The van der Waals surface area contributed by atoms with Crippen LogP contribution in [0.4, 0.5) is 0 Å². The Morgan fingerprint density at radius 1 is 0.912 bits per heavy atom. The van der Waals surface area contributed by atoms with Crippen LogP contribution in [0.1, 0.15) is 126 Å². The molecule has 5 aliphatic carbocycles. The van der Waals surface area contributed by atoms with E-state index in [9.17, 15) is 0 Å². The molecule has 0 unspecified atom stereocenters. The number of allylic oxidation sites excluding steroid dienone is 1. The standard InChI is InChI=1S/C33H56O/c1-22(2)28(4,5)16-13-23(3)24-14-17-31(9)26-12-11-25-29(6,7)27(34-10)15-18-32(25)21-33(26,32)20-19-30(24,31)8/h23-27H,1,11-21H2,2-10H3/t23-,24-,25+,26+,27+,30-,31+,32-,33+/m1/s1. The summed E-state index contributed by atoms with van der Waals surface area (Å²) < 4.78 is 6.05. The van der Waals surface area contributed by atoms with Crippen LogP contribution in [-0.2, 0) is 4.74 Å². The van der Waals surface area contributed by atoms with Crippen LogP contribution in [0.3, 0.4) is 0 Å². The molecule has 0 amide bonds.